The second kappa shape index (κ2) is 16.4. The number of carboxylic acid groups (broad SMARTS) is 1. The minimum absolute atomic E-state index is 0.0364. The molecule has 2 heterocycles. The zero-order chi connectivity index (χ0) is 36.6. The number of nitrogens with two attached hydrogens (primary N) is 1. The van der Waals surface area contributed by atoms with E-state index in [0.717, 1.165) is 40.7 Å². The topological polar surface area (TPSA) is 194 Å². The Morgan fingerprint density at radius 3 is 2.31 bits per heavy atom. The number of hydrogen-bond acceptors (Lipinski definition) is 9. The van der Waals surface area contributed by atoms with Gasteiger partial charge in [-0.2, -0.15) is 9.97 Å². The Hall–Kier alpha value is -5.98. The third kappa shape index (κ3) is 8.14. The number of anilines is 2. The molecule has 3 aromatic carbocycles. The van der Waals surface area contributed by atoms with Gasteiger partial charge in [0, 0.05) is 24.4 Å². The Morgan fingerprint density at radius 1 is 0.942 bits per heavy atom. The lowest BCUT2D eigenvalue weighted by atomic mass is 9.98. The van der Waals surface area contributed by atoms with Gasteiger partial charge in [0.15, 0.2) is 17.2 Å². The van der Waals surface area contributed by atoms with Crippen LogP contribution in [0.3, 0.4) is 0 Å². The van der Waals surface area contributed by atoms with Crippen molar-refractivity contribution in [2.24, 2.45) is 0 Å². The Balaban J connectivity index is 0.950. The monoisotopic (exact) mass is 705 g/mol. The van der Waals surface area contributed by atoms with Crippen molar-refractivity contribution in [3.05, 3.63) is 106 Å². The van der Waals surface area contributed by atoms with Crippen molar-refractivity contribution in [2.75, 3.05) is 24.2 Å². The molecule has 1 amide bonds. The number of imidazole rings is 1. The predicted octanol–water partition coefficient (Wildman–Crippen LogP) is 6.09. The maximum absolute atomic E-state index is 12.9. The lowest BCUT2D eigenvalue weighted by Gasteiger charge is -2.17. The molecule has 0 radical (unpaired) electrons. The first kappa shape index (κ1) is 35.8. The van der Waals surface area contributed by atoms with Crippen molar-refractivity contribution in [3.63, 3.8) is 0 Å². The summed E-state index contributed by atoms with van der Waals surface area (Å²) in [6.07, 6.45) is 3.38. The number of aromatic amines is 1. The van der Waals surface area contributed by atoms with Crippen LogP contribution in [0.2, 0.25) is 0 Å². The molecule has 270 valence electrons. The van der Waals surface area contributed by atoms with Crippen LogP contribution in [0.4, 0.5) is 16.6 Å². The number of aromatic nitrogens is 4. The second-order valence-electron chi connectivity index (χ2n) is 13.0. The van der Waals surface area contributed by atoms with Crippen LogP contribution < -0.4 is 22.1 Å². The van der Waals surface area contributed by atoms with Gasteiger partial charge in [0.2, 0.25) is 5.95 Å². The van der Waals surface area contributed by atoms with Crippen LogP contribution in [0.5, 0.6) is 0 Å². The van der Waals surface area contributed by atoms with E-state index in [4.69, 9.17) is 10.5 Å². The summed E-state index contributed by atoms with van der Waals surface area (Å²) < 4.78 is 7.01. The highest BCUT2D eigenvalue weighted by molar-refractivity contribution is 5.96. The average Bonchev–Trinajstić information content (AvgIpc) is 3.64. The molecule has 0 saturated carbocycles. The van der Waals surface area contributed by atoms with Gasteiger partial charge in [0.25, 0.3) is 0 Å². The molecular weight excluding hydrogens is 662 g/mol. The number of benzene rings is 3. The summed E-state index contributed by atoms with van der Waals surface area (Å²) in [5, 5.41) is 15.4. The molecule has 0 spiro atoms. The predicted molar refractivity (Wildman–Crippen MR) is 199 cm³/mol. The number of nitrogens with one attached hydrogen (secondary N) is 3. The number of ketones is 1. The van der Waals surface area contributed by atoms with Gasteiger partial charge < -0.3 is 31.2 Å². The number of H-pyrrole nitrogens is 1. The number of nitrogen functional groups attached to an aromatic ring is 1. The fourth-order valence-corrected chi connectivity index (χ4v) is 6.63. The molecule has 1 atom stereocenters. The summed E-state index contributed by atoms with van der Waals surface area (Å²) in [7, 11) is 0. The number of amides is 1. The van der Waals surface area contributed by atoms with E-state index in [1.54, 1.807) is 24.3 Å². The lowest BCUT2D eigenvalue weighted by molar-refractivity contribution is -0.139. The van der Waals surface area contributed by atoms with Crippen molar-refractivity contribution in [3.8, 4) is 11.1 Å². The zero-order valence-electron chi connectivity index (χ0n) is 29.1. The van der Waals surface area contributed by atoms with E-state index in [-0.39, 0.29) is 42.8 Å². The number of Topliss-reactive ketones (excluding diaryl/α,β-unsaturated/α-hetero) is 1. The van der Waals surface area contributed by atoms with Gasteiger partial charge in [-0.05, 0) is 47.1 Å². The van der Waals surface area contributed by atoms with Gasteiger partial charge in [-0.1, -0.05) is 99.0 Å². The van der Waals surface area contributed by atoms with Crippen LogP contribution in [-0.4, -0.2) is 61.7 Å². The number of hydrogen-bond donors (Lipinski definition) is 5. The molecule has 13 heteroatoms. The molecular formula is C39H43N7O6. The summed E-state index contributed by atoms with van der Waals surface area (Å²) >= 11 is 0. The largest absolute Gasteiger partial charge is 0.480 e. The molecule has 0 unspecified atom stereocenters. The normalized spacial score (nSPS) is 12.6. The van der Waals surface area contributed by atoms with E-state index in [1.165, 1.54) is 4.57 Å². The average molecular weight is 706 g/mol. The molecule has 0 saturated heterocycles. The number of aliphatic carboxylic acids is 1. The third-order valence-corrected chi connectivity index (χ3v) is 9.41. The highest BCUT2D eigenvalue weighted by Gasteiger charge is 2.29. The van der Waals surface area contributed by atoms with Crippen molar-refractivity contribution in [1.82, 2.24) is 24.8 Å². The molecule has 0 aliphatic heterocycles. The number of fused-ring (bicyclic) bond motifs is 4. The Labute approximate surface area is 300 Å². The standard InChI is InChI=1S/C39H43N7O6/c1-2-3-21-41-37-44-34(40)33-35(45-37)46(38(50)43-33)22-24-17-19-25(20-18-24)32(47)16-6-4-5-15-31(36(48)49)42-39(51)52-23-30-28-13-9-7-11-26(28)27-12-8-10-14-29(27)30/h7-14,17-20,30-31H,2-6,15-16,21-23H2,1H3,(H,42,51)(H,43,50)(H,48,49)(H3,40,41,44,45)/t31-/m0/s1. The van der Waals surface area contributed by atoms with Crippen molar-refractivity contribution in [2.45, 2.75) is 70.4 Å². The number of carboxylic acids is 1. The van der Waals surface area contributed by atoms with Gasteiger partial charge in [0.1, 0.15) is 18.2 Å². The van der Waals surface area contributed by atoms with Gasteiger partial charge in [-0.3, -0.25) is 9.36 Å². The number of rotatable bonds is 17. The number of carbonyl (C=O) groups excluding carboxylic acids is 2. The number of alkyl carbamates (subject to hydrolysis) is 1. The summed E-state index contributed by atoms with van der Waals surface area (Å²) in [5.74, 6) is -0.755. The summed E-state index contributed by atoms with van der Waals surface area (Å²) in [4.78, 5) is 61.7. The molecule has 52 heavy (non-hydrogen) atoms. The molecule has 1 aliphatic carbocycles. The highest BCUT2D eigenvalue weighted by atomic mass is 16.5. The highest BCUT2D eigenvalue weighted by Crippen LogP contribution is 2.44. The van der Waals surface area contributed by atoms with E-state index in [9.17, 15) is 24.3 Å². The summed E-state index contributed by atoms with van der Waals surface area (Å²) in [6.45, 7) is 3.10. The van der Waals surface area contributed by atoms with Crippen LogP contribution >= 0.6 is 0 Å². The fraction of sp³-hybridized carbons (Fsp3) is 0.333. The molecule has 13 nitrogen and oxygen atoms in total. The van der Waals surface area contributed by atoms with Gasteiger partial charge >= 0.3 is 17.8 Å². The SMILES string of the molecule is CCCCNc1nc(N)c2[nH]c(=O)n(Cc3ccc(C(=O)CCCCC[C@H](NC(=O)OCC4c5ccccc5-c5ccccc54)C(=O)O)cc3)c2n1. The van der Waals surface area contributed by atoms with E-state index >= 15 is 0 Å². The lowest BCUT2D eigenvalue weighted by Crippen LogP contribution is -2.41. The minimum Gasteiger partial charge on any atom is -0.480 e. The maximum Gasteiger partial charge on any atom is 0.407 e. The summed E-state index contributed by atoms with van der Waals surface area (Å²) in [5.41, 5.74) is 12.2. The van der Waals surface area contributed by atoms with Crippen LogP contribution in [0.15, 0.2) is 77.6 Å². The number of nitrogens with zero attached hydrogens (tertiary/aromatic N) is 3. The Morgan fingerprint density at radius 2 is 1.63 bits per heavy atom. The fourth-order valence-electron chi connectivity index (χ4n) is 6.63. The Bertz CT molecular complexity index is 2080. The van der Waals surface area contributed by atoms with Crippen LogP contribution in [0.25, 0.3) is 22.3 Å². The maximum atomic E-state index is 12.9. The van der Waals surface area contributed by atoms with Gasteiger partial charge in [0.05, 0.1) is 6.54 Å². The smallest absolute Gasteiger partial charge is 0.407 e. The minimum atomic E-state index is -1.14. The number of ether oxygens (including phenoxy) is 1. The molecule has 1 aliphatic rings. The number of unbranched alkanes of at least 4 members (excludes halogenated alkanes) is 3. The number of carbonyl (C=O) groups is 3. The molecule has 6 N–H and O–H groups in total. The molecule has 5 aromatic rings. The van der Waals surface area contributed by atoms with Gasteiger partial charge in [-0.25, -0.2) is 14.4 Å². The van der Waals surface area contributed by atoms with E-state index in [1.807, 2.05) is 48.5 Å². The van der Waals surface area contributed by atoms with Crippen molar-refractivity contribution < 1.29 is 24.2 Å². The molecule has 2 aromatic heterocycles. The quantitative estimate of drug-likeness (QED) is 0.0558. The van der Waals surface area contributed by atoms with Crippen LogP contribution in [0.1, 0.15) is 84.8 Å². The molecule has 0 fully saturated rings. The zero-order valence-corrected chi connectivity index (χ0v) is 29.1. The first-order valence-electron chi connectivity index (χ1n) is 17.7. The molecule has 0 bridgehead atoms. The second-order valence-corrected chi connectivity index (χ2v) is 13.0. The van der Waals surface area contributed by atoms with E-state index in [0.29, 0.717) is 54.9 Å². The third-order valence-electron chi connectivity index (χ3n) is 9.41. The van der Waals surface area contributed by atoms with E-state index < -0.39 is 18.1 Å². The van der Waals surface area contributed by atoms with Crippen molar-refractivity contribution in [1.29, 1.82) is 0 Å². The van der Waals surface area contributed by atoms with Crippen molar-refractivity contribution >= 4 is 40.8 Å². The van der Waals surface area contributed by atoms with Gasteiger partial charge in [-0.15, -0.1) is 0 Å². The Kier molecular flexibility index (Phi) is 11.3. The summed E-state index contributed by atoms with van der Waals surface area (Å²) in [6, 6.07) is 22.0. The van der Waals surface area contributed by atoms with Crippen LogP contribution in [0, 0.1) is 0 Å². The molecule has 6 rings (SSSR count). The van der Waals surface area contributed by atoms with Crippen LogP contribution in [-0.2, 0) is 16.1 Å². The first-order chi connectivity index (χ1) is 25.2. The first-order valence-corrected chi connectivity index (χ1v) is 17.7. The van der Waals surface area contributed by atoms with E-state index in [2.05, 4.69) is 32.5 Å².